The SMILES string of the molecule is CN(C)/C=C/C(=O)c1cc(C#N)c(-c2ccc(Cl)cc2Cl)[nH]1. The van der Waals surface area contributed by atoms with Gasteiger partial charge < -0.3 is 9.88 Å². The van der Waals surface area contributed by atoms with Gasteiger partial charge in [-0.1, -0.05) is 23.2 Å². The summed E-state index contributed by atoms with van der Waals surface area (Å²) in [6.07, 6.45) is 3.07. The minimum Gasteiger partial charge on any atom is -0.383 e. The van der Waals surface area contributed by atoms with Gasteiger partial charge in [0, 0.05) is 37.0 Å². The molecule has 2 rings (SSSR count). The maximum absolute atomic E-state index is 12.1. The Balaban J connectivity index is 2.46. The van der Waals surface area contributed by atoms with Gasteiger partial charge in [-0.25, -0.2) is 0 Å². The van der Waals surface area contributed by atoms with Gasteiger partial charge in [0.15, 0.2) is 0 Å². The van der Waals surface area contributed by atoms with Crippen LogP contribution in [0.2, 0.25) is 10.0 Å². The molecule has 0 aliphatic rings. The zero-order chi connectivity index (χ0) is 16.3. The molecule has 0 spiro atoms. The molecule has 0 aliphatic heterocycles. The van der Waals surface area contributed by atoms with Crippen LogP contribution in [0.1, 0.15) is 16.1 Å². The van der Waals surface area contributed by atoms with E-state index in [0.717, 1.165) is 0 Å². The molecule has 0 saturated heterocycles. The summed E-state index contributed by atoms with van der Waals surface area (Å²) in [5.41, 5.74) is 1.81. The van der Waals surface area contributed by atoms with E-state index in [0.29, 0.717) is 32.6 Å². The predicted octanol–water partition coefficient (Wildman–Crippen LogP) is 4.12. The molecule has 112 valence electrons. The number of ketones is 1. The Kier molecular flexibility index (Phi) is 4.92. The van der Waals surface area contributed by atoms with Gasteiger partial charge in [0.1, 0.15) is 6.07 Å². The first-order valence-corrected chi connectivity index (χ1v) is 7.15. The number of hydrogen-bond acceptors (Lipinski definition) is 3. The molecule has 0 saturated carbocycles. The first-order chi connectivity index (χ1) is 10.4. The molecule has 1 aromatic carbocycles. The molecule has 6 heteroatoms. The van der Waals surface area contributed by atoms with Gasteiger partial charge in [-0.05, 0) is 24.3 Å². The molecular weight excluding hydrogens is 321 g/mol. The number of halogens is 2. The van der Waals surface area contributed by atoms with E-state index in [4.69, 9.17) is 23.2 Å². The third-order valence-corrected chi connectivity index (χ3v) is 3.48. The van der Waals surface area contributed by atoms with Crippen LogP contribution in [0, 0.1) is 11.3 Å². The molecule has 0 unspecified atom stereocenters. The van der Waals surface area contributed by atoms with Crippen molar-refractivity contribution in [1.29, 1.82) is 5.26 Å². The van der Waals surface area contributed by atoms with Gasteiger partial charge in [-0.2, -0.15) is 5.26 Å². The summed E-state index contributed by atoms with van der Waals surface area (Å²) in [7, 11) is 3.64. The van der Waals surface area contributed by atoms with E-state index in [1.807, 2.05) is 14.1 Å². The molecule has 0 fully saturated rings. The number of carbonyl (C=O) groups is 1. The third kappa shape index (κ3) is 3.51. The van der Waals surface area contributed by atoms with Crippen molar-refractivity contribution < 1.29 is 4.79 Å². The lowest BCUT2D eigenvalue weighted by Crippen LogP contribution is -2.03. The van der Waals surface area contributed by atoms with Crippen LogP contribution in [-0.4, -0.2) is 29.8 Å². The smallest absolute Gasteiger partial charge is 0.203 e. The monoisotopic (exact) mass is 333 g/mol. The summed E-state index contributed by atoms with van der Waals surface area (Å²) in [6.45, 7) is 0. The highest BCUT2D eigenvalue weighted by molar-refractivity contribution is 6.36. The van der Waals surface area contributed by atoms with Crippen LogP contribution in [0.3, 0.4) is 0 Å². The minimum atomic E-state index is -0.221. The fourth-order valence-electron chi connectivity index (χ4n) is 1.89. The number of nitriles is 1. The van der Waals surface area contributed by atoms with Crippen molar-refractivity contribution >= 4 is 29.0 Å². The molecule has 0 atom stereocenters. The molecule has 1 N–H and O–H groups in total. The van der Waals surface area contributed by atoms with E-state index in [-0.39, 0.29) is 5.78 Å². The van der Waals surface area contributed by atoms with Gasteiger partial charge in [-0.15, -0.1) is 0 Å². The van der Waals surface area contributed by atoms with Crippen LogP contribution in [-0.2, 0) is 0 Å². The normalized spacial score (nSPS) is 10.7. The van der Waals surface area contributed by atoms with Crippen molar-refractivity contribution in [2.45, 2.75) is 0 Å². The number of aromatic nitrogens is 1. The van der Waals surface area contributed by atoms with Crippen molar-refractivity contribution in [3.8, 4) is 17.3 Å². The number of hydrogen-bond donors (Lipinski definition) is 1. The molecule has 0 radical (unpaired) electrons. The average Bonchev–Trinajstić information content (AvgIpc) is 2.88. The first kappa shape index (κ1) is 16.2. The Morgan fingerprint density at radius 3 is 2.64 bits per heavy atom. The summed E-state index contributed by atoms with van der Waals surface area (Å²) in [4.78, 5) is 16.8. The quantitative estimate of drug-likeness (QED) is 0.676. The molecule has 0 amide bonds. The maximum Gasteiger partial charge on any atom is 0.203 e. The lowest BCUT2D eigenvalue weighted by atomic mass is 10.1. The largest absolute Gasteiger partial charge is 0.383 e. The van der Waals surface area contributed by atoms with Crippen molar-refractivity contribution in [2.24, 2.45) is 0 Å². The average molecular weight is 334 g/mol. The molecule has 0 aliphatic carbocycles. The predicted molar refractivity (Wildman–Crippen MR) is 88.1 cm³/mol. The zero-order valence-corrected chi connectivity index (χ0v) is 13.5. The Hall–Kier alpha value is -2.22. The minimum absolute atomic E-state index is 0.221. The second-order valence-electron chi connectivity index (χ2n) is 4.85. The summed E-state index contributed by atoms with van der Waals surface area (Å²) in [5.74, 6) is -0.221. The fraction of sp³-hybridized carbons (Fsp3) is 0.125. The second-order valence-corrected chi connectivity index (χ2v) is 5.69. The maximum atomic E-state index is 12.1. The number of benzene rings is 1. The zero-order valence-electron chi connectivity index (χ0n) is 12.0. The lowest BCUT2D eigenvalue weighted by molar-refractivity contribution is 0.104. The first-order valence-electron chi connectivity index (χ1n) is 6.40. The summed E-state index contributed by atoms with van der Waals surface area (Å²) in [6, 6.07) is 8.56. The fourth-order valence-corrected chi connectivity index (χ4v) is 2.39. The summed E-state index contributed by atoms with van der Waals surface area (Å²) < 4.78 is 0. The molecule has 0 bridgehead atoms. The molecule has 2 aromatic rings. The van der Waals surface area contributed by atoms with Crippen molar-refractivity contribution in [1.82, 2.24) is 9.88 Å². The van der Waals surface area contributed by atoms with Crippen LogP contribution >= 0.6 is 23.2 Å². The molecule has 4 nitrogen and oxygen atoms in total. The van der Waals surface area contributed by atoms with E-state index >= 15 is 0 Å². The highest BCUT2D eigenvalue weighted by Crippen LogP contribution is 2.32. The van der Waals surface area contributed by atoms with Gasteiger partial charge in [0.25, 0.3) is 0 Å². The number of allylic oxidation sites excluding steroid dienone is 1. The van der Waals surface area contributed by atoms with Gasteiger partial charge in [-0.3, -0.25) is 4.79 Å². The van der Waals surface area contributed by atoms with Gasteiger partial charge in [0.2, 0.25) is 5.78 Å². The van der Waals surface area contributed by atoms with Crippen LogP contribution in [0.5, 0.6) is 0 Å². The van der Waals surface area contributed by atoms with E-state index in [1.165, 1.54) is 12.1 Å². The van der Waals surface area contributed by atoms with Crippen molar-refractivity contribution in [3.63, 3.8) is 0 Å². The number of carbonyl (C=O) groups excluding carboxylic acids is 1. The Morgan fingerprint density at radius 1 is 1.32 bits per heavy atom. The van der Waals surface area contributed by atoms with E-state index < -0.39 is 0 Å². The highest BCUT2D eigenvalue weighted by Gasteiger charge is 2.15. The molecular formula is C16H13Cl2N3O. The number of nitrogens with zero attached hydrogens (tertiary/aromatic N) is 2. The van der Waals surface area contributed by atoms with Gasteiger partial charge >= 0.3 is 0 Å². The topological polar surface area (TPSA) is 59.9 Å². The standard InChI is InChI=1S/C16H13Cl2N3O/c1-21(2)6-5-15(22)14-7-10(9-19)16(20-14)12-4-3-11(17)8-13(12)18/h3-8,20H,1-2H3/b6-5+. The summed E-state index contributed by atoms with van der Waals surface area (Å²) >= 11 is 12.0. The number of nitrogens with one attached hydrogen (secondary N) is 1. The molecule has 22 heavy (non-hydrogen) atoms. The second kappa shape index (κ2) is 6.69. The molecule has 1 aromatic heterocycles. The van der Waals surface area contributed by atoms with Crippen LogP contribution in [0.4, 0.5) is 0 Å². The van der Waals surface area contributed by atoms with E-state index in [9.17, 15) is 10.1 Å². The lowest BCUT2D eigenvalue weighted by Gasteiger charge is -2.03. The Morgan fingerprint density at radius 2 is 2.05 bits per heavy atom. The number of H-pyrrole nitrogens is 1. The van der Waals surface area contributed by atoms with Crippen molar-refractivity contribution in [3.05, 3.63) is 57.8 Å². The highest BCUT2D eigenvalue weighted by atomic mass is 35.5. The summed E-state index contributed by atoms with van der Waals surface area (Å²) in [5, 5.41) is 10.2. The Bertz CT molecular complexity index is 785. The van der Waals surface area contributed by atoms with Crippen molar-refractivity contribution in [2.75, 3.05) is 14.1 Å². The van der Waals surface area contributed by atoms with Crippen LogP contribution < -0.4 is 0 Å². The van der Waals surface area contributed by atoms with E-state index in [1.54, 1.807) is 29.3 Å². The van der Waals surface area contributed by atoms with Gasteiger partial charge in [0.05, 0.1) is 22.0 Å². The van der Waals surface area contributed by atoms with E-state index in [2.05, 4.69) is 11.1 Å². The number of aromatic amines is 1. The van der Waals surface area contributed by atoms with Crippen LogP contribution in [0.15, 0.2) is 36.5 Å². The Labute approximate surface area is 138 Å². The number of rotatable bonds is 4. The molecule has 1 heterocycles. The third-order valence-electron chi connectivity index (χ3n) is 2.93. The van der Waals surface area contributed by atoms with Crippen LogP contribution in [0.25, 0.3) is 11.3 Å².